The summed E-state index contributed by atoms with van der Waals surface area (Å²) in [6.45, 7) is 1.75. The third kappa shape index (κ3) is 7.65. The van der Waals surface area contributed by atoms with E-state index in [1.165, 1.54) is 0 Å². The molecule has 188 valence electrons. The number of anilines is 5. The van der Waals surface area contributed by atoms with E-state index >= 15 is 0 Å². The van der Waals surface area contributed by atoms with E-state index in [9.17, 15) is 4.79 Å². The Labute approximate surface area is 213 Å². The van der Waals surface area contributed by atoms with Crippen molar-refractivity contribution in [2.75, 3.05) is 29.3 Å². The van der Waals surface area contributed by atoms with Crippen molar-refractivity contribution in [3.05, 3.63) is 84.4 Å². The Balaban J connectivity index is 1.53. The lowest BCUT2D eigenvalue weighted by molar-refractivity contribution is -0.139. The second-order valence-electron chi connectivity index (χ2n) is 7.48. The van der Waals surface area contributed by atoms with Gasteiger partial charge in [-0.1, -0.05) is 36.4 Å². The van der Waals surface area contributed by atoms with Crippen LogP contribution in [0.15, 0.2) is 84.0 Å². The molecule has 0 saturated carbocycles. The van der Waals surface area contributed by atoms with E-state index in [1.807, 2.05) is 67.6 Å². The minimum atomic E-state index is -1.07. The highest BCUT2D eigenvalue weighted by molar-refractivity contribution is 5.81. The SMILES string of the molecule is CCOc1cc(/C=N/Nc2nc(Nc3ccccc3)nc(Nc3ccccc3)n2)ccc1OCC(=O)O. The zero-order valence-electron chi connectivity index (χ0n) is 20.0. The quantitative estimate of drug-likeness (QED) is 0.160. The Morgan fingerprint density at radius 2 is 1.43 bits per heavy atom. The molecule has 0 saturated heterocycles. The van der Waals surface area contributed by atoms with Crippen LogP contribution in [0.1, 0.15) is 12.5 Å². The summed E-state index contributed by atoms with van der Waals surface area (Å²) in [4.78, 5) is 24.1. The Bertz CT molecular complexity index is 1290. The summed E-state index contributed by atoms with van der Waals surface area (Å²) in [6.07, 6.45) is 1.56. The fraction of sp³-hybridized carbons (Fsp3) is 0.115. The van der Waals surface area contributed by atoms with Crippen LogP contribution in [0.2, 0.25) is 0 Å². The molecule has 0 aliphatic rings. The molecule has 0 unspecified atom stereocenters. The Morgan fingerprint density at radius 3 is 2.00 bits per heavy atom. The second kappa shape index (κ2) is 12.5. The molecule has 0 bridgehead atoms. The lowest BCUT2D eigenvalue weighted by atomic mass is 10.2. The Kier molecular flexibility index (Phi) is 8.42. The summed E-state index contributed by atoms with van der Waals surface area (Å²) in [5.41, 5.74) is 5.17. The van der Waals surface area contributed by atoms with Crippen LogP contribution in [-0.4, -0.2) is 45.5 Å². The van der Waals surface area contributed by atoms with Crippen LogP contribution in [0.4, 0.5) is 29.2 Å². The number of nitrogens with zero attached hydrogens (tertiary/aromatic N) is 4. The fourth-order valence-electron chi connectivity index (χ4n) is 3.14. The third-order valence-corrected chi connectivity index (χ3v) is 4.69. The zero-order valence-corrected chi connectivity index (χ0v) is 20.0. The number of carboxylic acids is 1. The van der Waals surface area contributed by atoms with E-state index in [-0.39, 0.29) is 5.95 Å². The number of para-hydroxylation sites is 2. The van der Waals surface area contributed by atoms with Crippen LogP contribution in [0.5, 0.6) is 11.5 Å². The van der Waals surface area contributed by atoms with E-state index in [2.05, 4.69) is 36.1 Å². The standard InChI is InChI=1S/C26H25N7O4/c1-2-36-22-15-18(13-14-21(22)37-17-23(34)35)16-27-33-26-31-24(28-19-9-5-3-6-10-19)30-25(32-26)29-20-11-7-4-8-12-20/h3-16H,2,17H2,1H3,(H,34,35)(H3,28,29,30,31,32,33)/b27-16+. The van der Waals surface area contributed by atoms with Crippen molar-refractivity contribution in [2.24, 2.45) is 5.10 Å². The van der Waals surface area contributed by atoms with E-state index in [4.69, 9.17) is 14.6 Å². The largest absolute Gasteiger partial charge is 0.490 e. The minimum absolute atomic E-state index is 0.217. The molecule has 11 nitrogen and oxygen atoms in total. The molecule has 0 aliphatic carbocycles. The van der Waals surface area contributed by atoms with Gasteiger partial charge in [-0.3, -0.25) is 0 Å². The second-order valence-corrected chi connectivity index (χ2v) is 7.48. The monoisotopic (exact) mass is 499 g/mol. The highest BCUT2D eigenvalue weighted by atomic mass is 16.5. The van der Waals surface area contributed by atoms with Crippen LogP contribution in [0.3, 0.4) is 0 Å². The molecule has 4 N–H and O–H groups in total. The van der Waals surface area contributed by atoms with Gasteiger partial charge in [-0.05, 0) is 55.0 Å². The van der Waals surface area contributed by atoms with Gasteiger partial charge in [-0.15, -0.1) is 0 Å². The van der Waals surface area contributed by atoms with Gasteiger partial charge in [-0.2, -0.15) is 20.1 Å². The van der Waals surface area contributed by atoms with Gasteiger partial charge in [0.15, 0.2) is 18.1 Å². The predicted octanol–water partition coefficient (Wildman–Crippen LogP) is 4.67. The predicted molar refractivity (Wildman–Crippen MR) is 141 cm³/mol. The maximum absolute atomic E-state index is 10.8. The van der Waals surface area contributed by atoms with E-state index in [0.717, 1.165) is 11.4 Å². The van der Waals surface area contributed by atoms with Gasteiger partial charge in [0.25, 0.3) is 0 Å². The Morgan fingerprint density at radius 1 is 0.838 bits per heavy atom. The number of aromatic nitrogens is 3. The Hall–Kier alpha value is -5.19. The van der Waals surface area contributed by atoms with E-state index in [1.54, 1.807) is 24.4 Å². The van der Waals surface area contributed by atoms with Crippen LogP contribution in [0.25, 0.3) is 0 Å². The number of rotatable bonds is 12. The summed E-state index contributed by atoms with van der Waals surface area (Å²) in [5, 5.41) is 19.4. The van der Waals surface area contributed by atoms with E-state index in [0.29, 0.717) is 35.6 Å². The zero-order chi connectivity index (χ0) is 25.9. The lowest BCUT2D eigenvalue weighted by Gasteiger charge is -2.11. The first-order valence-electron chi connectivity index (χ1n) is 11.4. The van der Waals surface area contributed by atoms with E-state index < -0.39 is 12.6 Å². The number of hydrazone groups is 1. The van der Waals surface area contributed by atoms with Crippen molar-refractivity contribution in [1.29, 1.82) is 0 Å². The van der Waals surface area contributed by atoms with Crippen molar-refractivity contribution >= 4 is 41.4 Å². The van der Waals surface area contributed by atoms with Crippen molar-refractivity contribution in [1.82, 2.24) is 15.0 Å². The van der Waals surface area contributed by atoms with Gasteiger partial charge in [0.2, 0.25) is 17.8 Å². The van der Waals surface area contributed by atoms with Gasteiger partial charge in [0.1, 0.15) is 0 Å². The molecule has 0 atom stereocenters. The van der Waals surface area contributed by atoms with Crippen molar-refractivity contribution < 1.29 is 19.4 Å². The molecule has 0 radical (unpaired) electrons. The van der Waals surface area contributed by atoms with Crippen LogP contribution >= 0.6 is 0 Å². The average Bonchev–Trinajstić information content (AvgIpc) is 2.89. The van der Waals surface area contributed by atoms with Gasteiger partial charge >= 0.3 is 5.97 Å². The molecule has 11 heteroatoms. The molecule has 1 heterocycles. The van der Waals surface area contributed by atoms with Gasteiger partial charge in [0.05, 0.1) is 12.8 Å². The molecular formula is C26H25N7O4. The number of carboxylic acid groups (broad SMARTS) is 1. The number of aliphatic carboxylic acids is 1. The molecule has 0 aliphatic heterocycles. The van der Waals surface area contributed by atoms with Crippen molar-refractivity contribution in [2.45, 2.75) is 6.92 Å². The molecule has 3 aromatic carbocycles. The topological polar surface area (TPSA) is 143 Å². The molecule has 37 heavy (non-hydrogen) atoms. The lowest BCUT2D eigenvalue weighted by Crippen LogP contribution is -2.10. The summed E-state index contributed by atoms with van der Waals surface area (Å²) < 4.78 is 10.8. The van der Waals surface area contributed by atoms with Gasteiger partial charge in [-0.25, -0.2) is 10.2 Å². The third-order valence-electron chi connectivity index (χ3n) is 4.69. The summed E-state index contributed by atoms with van der Waals surface area (Å²) in [7, 11) is 0. The fourth-order valence-corrected chi connectivity index (χ4v) is 3.14. The number of hydrogen-bond acceptors (Lipinski definition) is 10. The average molecular weight is 500 g/mol. The highest BCUT2D eigenvalue weighted by Crippen LogP contribution is 2.28. The van der Waals surface area contributed by atoms with Crippen LogP contribution in [0, 0.1) is 0 Å². The minimum Gasteiger partial charge on any atom is -0.490 e. The molecular weight excluding hydrogens is 474 g/mol. The first-order valence-corrected chi connectivity index (χ1v) is 11.4. The summed E-state index contributed by atoms with van der Waals surface area (Å²) >= 11 is 0. The smallest absolute Gasteiger partial charge is 0.341 e. The first kappa shape index (κ1) is 24.9. The van der Waals surface area contributed by atoms with Gasteiger partial charge in [0, 0.05) is 11.4 Å². The normalized spacial score (nSPS) is 10.6. The van der Waals surface area contributed by atoms with Crippen LogP contribution in [-0.2, 0) is 4.79 Å². The number of carbonyl (C=O) groups is 1. The number of benzene rings is 3. The number of hydrogen-bond donors (Lipinski definition) is 4. The molecule has 4 aromatic rings. The van der Waals surface area contributed by atoms with Gasteiger partial charge < -0.3 is 25.2 Å². The van der Waals surface area contributed by atoms with Crippen molar-refractivity contribution in [3.8, 4) is 11.5 Å². The van der Waals surface area contributed by atoms with Crippen molar-refractivity contribution in [3.63, 3.8) is 0 Å². The number of ether oxygens (including phenoxy) is 2. The molecule has 1 aromatic heterocycles. The number of nitrogens with one attached hydrogen (secondary N) is 3. The van der Waals surface area contributed by atoms with Crippen LogP contribution < -0.4 is 25.5 Å². The highest BCUT2D eigenvalue weighted by Gasteiger charge is 2.09. The summed E-state index contributed by atoms with van der Waals surface area (Å²) in [5.74, 6) is 0.551. The molecule has 0 spiro atoms. The maximum Gasteiger partial charge on any atom is 0.341 e. The molecule has 4 rings (SSSR count). The first-order chi connectivity index (χ1) is 18.1. The molecule has 0 amide bonds. The maximum atomic E-state index is 10.8. The summed E-state index contributed by atoms with van der Waals surface area (Å²) in [6, 6.07) is 24.1. The molecule has 0 fully saturated rings.